The number of aromatic nitrogens is 2. The largest absolute Gasteiger partial charge is 0.345 e. The summed E-state index contributed by atoms with van der Waals surface area (Å²) in [5, 5.41) is 0. The van der Waals surface area contributed by atoms with E-state index in [1.54, 1.807) is 0 Å². The predicted octanol–water partition coefficient (Wildman–Crippen LogP) is 2.19. The van der Waals surface area contributed by atoms with Gasteiger partial charge in [-0.3, -0.25) is 0 Å². The monoisotopic (exact) mass is 218 g/mol. The predicted molar refractivity (Wildman–Crippen MR) is 59.7 cm³/mol. The van der Waals surface area contributed by atoms with E-state index in [0.717, 1.165) is 17.3 Å². The summed E-state index contributed by atoms with van der Waals surface area (Å²) in [7, 11) is 0. The van der Waals surface area contributed by atoms with Crippen LogP contribution in [0.3, 0.4) is 0 Å². The highest BCUT2D eigenvalue weighted by Gasteiger charge is 2.07. The molecule has 3 nitrogen and oxygen atoms in total. The summed E-state index contributed by atoms with van der Waals surface area (Å²) in [5.41, 5.74) is 2.34. The maximum atomic E-state index is 13.5. The van der Waals surface area contributed by atoms with Gasteiger partial charge in [-0.2, -0.15) is 4.98 Å². The van der Waals surface area contributed by atoms with Crippen molar-refractivity contribution < 1.29 is 4.39 Å². The topological polar surface area (TPSA) is 45.8 Å². The number of nitrogens with one attached hydrogen (secondary N) is 1. The molecule has 1 heterocycles. The van der Waals surface area contributed by atoms with Crippen LogP contribution in [0, 0.1) is 19.7 Å². The molecule has 4 heteroatoms. The van der Waals surface area contributed by atoms with Crippen LogP contribution in [-0.2, 0) is 0 Å². The Labute approximate surface area is 92.0 Å². The lowest BCUT2D eigenvalue weighted by Crippen LogP contribution is -2.11. The fraction of sp³-hybridized carbons (Fsp3) is 0.167. The van der Waals surface area contributed by atoms with Gasteiger partial charge in [0.15, 0.2) is 5.82 Å². The molecule has 0 saturated carbocycles. The molecule has 1 N–H and O–H groups in total. The normalized spacial score (nSPS) is 10.4. The van der Waals surface area contributed by atoms with Crippen LogP contribution in [0.5, 0.6) is 0 Å². The number of benzene rings is 1. The third-order valence-corrected chi connectivity index (χ3v) is 2.28. The Morgan fingerprint density at radius 3 is 2.44 bits per heavy atom. The van der Waals surface area contributed by atoms with E-state index in [4.69, 9.17) is 0 Å². The highest BCUT2D eigenvalue weighted by molar-refractivity contribution is 5.61. The number of aromatic amines is 1. The van der Waals surface area contributed by atoms with Crippen molar-refractivity contribution in [3.8, 4) is 11.3 Å². The second-order valence-corrected chi connectivity index (χ2v) is 3.79. The van der Waals surface area contributed by atoms with Crippen LogP contribution in [0.2, 0.25) is 0 Å². The molecule has 0 amide bonds. The van der Waals surface area contributed by atoms with Gasteiger partial charge >= 0.3 is 5.69 Å². The Morgan fingerprint density at radius 1 is 1.19 bits per heavy atom. The van der Waals surface area contributed by atoms with Gasteiger partial charge in [-0.05, 0) is 26.0 Å². The second-order valence-electron chi connectivity index (χ2n) is 3.79. The standard InChI is InChI=1S/C12H11FN2O/c1-7-3-8(2)5-9(4-7)11-10(13)6-14-12(16)15-11/h3-6H,1-2H3,(H,14,15,16). The molecule has 0 aliphatic heterocycles. The van der Waals surface area contributed by atoms with E-state index in [1.165, 1.54) is 0 Å². The first kappa shape index (κ1) is 10.5. The summed E-state index contributed by atoms with van der Waals surface area (Å²) in [5.74, 6) is -0.524. The van der Waals surface area contributed by atoms with Gasteiger partial charge in [-0.1, -0.05) is 17.2 Å². The van der Waals surface area contributed by atoms with Crippen molar-refractivity contribution in [2.24, 2.45) is 0 Å². The third kappa shape index (κ3) is 2.00. The number of nitrogens with zero attached hydrogens (tertiary/aromatic N) is 1. The Balaban J connectivity index is 2.66. The number of hydrogen-bond acceptors (Lipinski definition) is 2. The first-order chi connectivity index (χ1) is 7.56. The molecule has 0 aliphatic rings. The molecule has 0 spiro atoms. The molecule has 0 radical (unpaired) electrons. The third-order valence-electron chi connectivity index (χ3n) is 2.28. The van der Waals surface area contributed by atoms with Crippen molar-refractivity contribution in [1.82, 2.24) is 9.97 Å². The maximum absolute atomic E-state index is 13.5. The minimum absolute atomic E-state index is 0.187. The van der Waals surface area contributed by atoms with Gasteiger partial charge < -0.3 is 4.98 Å². The second kappa shape index (κ2) is 3.89. The molecule has 0 fully saturated rings. The first-order valence-electron chi connectivity index (χ1n) is 4.90. The van der Waals surface area contributed by atoms with Crippen LogP contribution in [0.15, 0.2) is 29.2 Å². The van der Waals surface area contributed by atoms with Crippen LogP contribution in [0.1, 0.15) is 11.1 Å². The Bertz CT molecular complexity index is 570. The molecule has 0 unspecified atom stereocenters. The van der Waals surface area contributed by atoms with Crippen LogP contribution < -0.4 is 5.69 Å². The smallest absolute Gasteiger partial charge is 0.303 e. The molecule has 2 aromatic rings. The maximum Gasteiger partial charge on any atom is 0.345 e. The molecule has 0 atom stereocenters. The zero-order valence-corrected chi connectivity index (χ0v) is 9.04. The van der Waals surface area contributed by atoms with Crippen molar-refractivity contribution in [1.29, 1.82) is 0 Å². The van der Waals surface area contributed by atoms with Crippen molar-refractivity contribution in [2.75, 3.05) is 0 Å². The summed E-state index contributed by atoms with van der Waals surface area (Å²) in [6.45, 7) is 3.85. The van der Waals surface area contributed by atoms with E-state index >= 15 is 0 Å². The highest BCUT2D eigenvalue weighted by atomic mass is 19.1. The van der Waals surface area contributed by atoms with E-state index in [9.17, 15) is 9.18 Å². The lowest BCUT2D eigenvalue weighted by atomic mass is 10.0. The minimum Gasteiger partial charge on any atom is -0.303 e. The van der Waals surface area contributed by atoms with Gasteiger partial charge in [0.2, 0.25) is 0 Å². The van der Waals surface area contributed by atoms with Crippen molar-refractivity contribution in [3.05, 3.63) is 51.8 Å². The van der Waals surface area contributed by atoms with E-state index < -0.39 is 11.5 Å². The van der Waals surface area contributed by atoms with Crippen molar-refractivity contribution in [2.45, 2.75) is 13.8 Å². The van der Waals surface area contributed by atoms with E-state index in [1.807, 2.05) is 32.0 Å². The van der Waals surface area contributed by atoms with Gasteiger partial charge in [0.1, 0.15) is 0 Å². The molecule has 0 saturated heterocycles. The van der Waals surface area contributed by atoms with Gasteiger partial charge in [0, 0.05) is 5.56 Å². The summed E-state index contributed by atoms with van der Waals surface area (Å²) in [6, 6.07) is 5.63. The van der Waals surface area contributed by atoms with Gasteiger partial charge in [0.25, 0.3) is 0 Å². The average molecular weight is 218 g/mol. The number of H-pyrrole nitrogens is 1. The molecule has 1 aromatic carbocycles. The van der Waals surface area contributed by atoms with E-state index in [-0.39, 0.29) is 5.69 Å². The SMILES string of the molecule is Cc1cc(C)cc(-c2[nH]c(=O)ncc2F)c1. The Morgan fingerprint density at radius 2 is 1.81 bits per heavy atom. The van der Waals surface area contributed by atoms with Crippen LogP contribution >= 0.6 is 0 Å². The Hall–Kier alpha value is -1.97. The summed E-state index contributed by atoms with van der Waals surface area (Å²) in [4.78, 5) is 16.8. The molecule has 1 aromatic heterocycles. The molecule has 0 bridgehead atoms. The molecule has 16 heavy (non-hydrogen) atoms. The molecule has 2 rings (SSSR count). The van der Waals surface area contributed by atoms with Gasteiger partial charge in [-0.25, -0.2) is 9.18 Å². The van der Waals surface area contributed by atoms with Gasteiger partial charge in [0.05, 0.1) is 11.9 Å². The number of hydrogen-bond donors (Lipinski definition) is 1. The first-order valence-corrected chi connectivity index (χ1v) is 4.90. The van der Waals surface area contributed by atoms with Gasteiger partial charge in [-0.15, -0.1) is 0 Å². The van der Waals surface area contributed by atoms with Crippen LogP contribution in [-0.4, -0.2) is 9.97 Å². The number of rotatable bonds is 1. The molecular weight excluding hydrogens is 207 g/mol. The lowest BCUT2D eigenvalue weighted by Gasteiger charge is -2.05. The summed E-state index contributed by atoms with van der Waals surface area (Å²) >= 11 is 0. The fourth-order valence-electron chi connectivity index (χ4n) is 1.71. The van der Waals surface area contributed by atoms with E-state index in [0.29, 0.717) is 5.56 Å². The lowest BCUT2D eigenvalue weighted by molar-refractivity contribution is 0.615. The fourth-order valence-corrected chi connectivity index (χ4v) is 1.71. The minimum atomic E-state index is -0.546. The van der Waals surface area contributed by atoms with Crippen LogP contribution in [0.4, 0.5) is 4.39 Å². The quantitative estimate of drug-likeness (QED) is 0.797. The van der Waals surface area contributed by atoms with Crippen LogP contribution in [0.25, 0.3) is 11.3 Å². The zero-order valence-electron chi connectivity index (χ0n) is 9.04. The van der Waals surface area contributed by atoms with Crippen molar-refractivity contribution >= 4 is 0 Å². The molecular formula is C12H11FN2O. The molecule has 0 aliphatic carbocycles. The average Bonchev–Trinajstić information content (AvgIpc) is 2.20. The summed E-state index contributed by atoms with van der Waals surface area (Å²) < 4.78 is 13.5. The number of aryl methyl sites for hydroxylation is 2. The van der Waals surface area contributed by atoms with Crippen molar-refractivity contribution in [3.63, 3.8) is 0 Å². The molecule has 82 valence electrons. The Kier molecular flexibility index (Phi) is 2.56. The van der Waals surface area contributed by atoms with E-state index in [2.05, 4.69) is 9.97 Å². The number of halogens is 1. The highest BCUT2D eigenvalue weighted by Crippen LogP contribution is 2.21. The summed E-state index contributed by atoms with van der Waals surface area (Å²) in [6.07, 6.45) is 0.936. The zero-order chi connectivity index (χ0) is 11.7.